The molecule has 4 rings (SSSR count). The predicted octanol–water partition coefficient (Wildman–Crippen LogP) is 1.93. The number of nitriles is 1. The van der Waals surface area contributed by atoms with E-state index in [0.29, 0.717) is 15.2 Å². The Kier molecular flexibility index (Phi) is 7.36. The van der Waals surface area contributed by atoms with Crippen LogP contribution in [0.25, 0.3) is 5.82 Å². The second-order valence-electron chi connectivity index (χ2n) is 7.62. The van der Waals surface area contributed by atoms with Gasteiger partial charge in [-0.15, -0.1) is 17.7 Å². The molecule has 4 heterocycles. The number of pyridine rings is 1. The molecule has 17 heteroatoms. The van der Waals surface area contributed by atoms with E-state index in [-0.39, 0.29) is 17.1 Å². The van der Waals surface area contributed by atoms with E-state index in [1.54, 1.807) is 0 Å². The van der Waals surface area contributed by atoms with E-state index in [1.165, 1.54) is 19.4 Å². The largest absolute Gasteiger partial charge is 0.435 e. The first kappa shape index (κ1) is 26.8. The average molecular weight is 611 g/mol. The van der Waals surface area contributed by atoms with Crippen molar-refractivity contribution in [2.24, 2.45) is 0 Å². The highest BCUT2D eigenvalue weighted by Gasteiger charge is 2.60. The second kappa shape index (κ2) is 9.89. The van der Waals surface area contributed by atoms with Crippen LogP contribution in [0.1, 0.15) is 17.0 Å². The maximum absolute atomic E-state index is 13.2. The molecule has 3 aromatic heterocycles. The zero-order valence-electron chi connectivity index (χ0n) is 18.0. The fourth-order valence-corrected chi connectivity index (χ4v) is 5.22. The Morgan fingerprint density at radius 3 is 2.72 bits per heavy atom. The van der Waals surface area contributed by atoms with Gasteiger partial charge in [-0.25, -0.2) is 9.67 Å². The molecule has 1 fully saturated rings. The van der Waals surface area contributed by atoms with Gasteiger partial charge in [0.1, 0.15) is 46.2 Å². The molecule has 1 aliphatic heterocycles. The van der Waals surface area contributed by atoms with E-state index >= 15 is 0 Å². The van der Waals surface area contributed by atoms with Crippen LogP contribution in [0.15, 0.2) is 29.0 Å². The number of rotatable bonds is 5. The zero-order chi connectivity index (χ0) is 26.4. The lowest BCUT2D eigenvalue weighted by molar-refractivity contribution is -0.213. The third kappa shape index (κ3) is 4.28. The fraction of sp³-hybridized carbons (Fsp3) is 0.421. The number of nitrogens with zero attached hydrogens (tertiary/aromatic N) is 7. The normalized spacial score (nSPS) is 26.7. The summed E-state index contributed by atoms with van der Waals surface area (Å²) >= 11 is 13.7. The first-order chi connectivity index (χ1) is 17.0. The van der Waals surface area contributed by atoms with Gasteiger partial charge in [0.25, 0.3) is 0 Å². The lowest BCUT2D eigenvalue weighted by Crippen LogP contribution is -2.68. The lowest BCUT2D eigenvalue weighted by atomic mass is 9.75. The summed E-state index contributed by atoms with van der Waals surface area (Å²) in [6, 6.07) is 4.05. The zero-order valence-corrected chi connectivity index (χ0v) is 21.2. The molecule has 3 aromatic rings. The van der Waals surface area contributed by atoms with Crippen LogP contribution in [-0.4, -0.2) is 77.4 Å². The molecule has 0 radical (unpaired) electrons. The van der Waals surface area contributed by atoms with Crippen LogP contribution in [0.4, 0.5) is 13.2 Å². The Hall–Kier alpha value is -2.26. The molecular weight excluding hydrogens is 595 g/mol. The lowest BCUT2D eigenvalue weighted by Gasteiger charge is -2.51. The Morgan fingerprint density at radius 2 is 2.14 bits per heavy atom. The molecule has 2 N–H and O–H groups in total. The molecule has 0 aromatic carbocycles. The van der Waals surface area contributed by atoms with Gasteiger partial charge >= 0.3 is 6.18 Å². The highest BCUT2D eigenvalue weighted by molar-refractivity contribution is 9.10. The van der Waals surface area contributed by atoms with Crippen molar-refractivity contribution in [3.8, 4) is 11.9 Å². The van der Waals surface area contributed by atoms with Gasteiger partial charge in [-0.3, -0.25) is 0 Å². The number of hydrogen-bond acceptors (Lipinski definition) is 10. The molecule has 5 atom stereocenters. The van der Waals surface area contributed by atoms with Gasteiger partial charge in [0.05, 0.1) is 12.8 Å². The molecule has 0 aliphatic carbocycles. The number of aliphatic hydroxyl groups is 2. The highest BCUT2D eigenvalue weighted by Crippen LogP contribution is 2.45. The molecule has 0 saturated carbocycles. The number of methoxy groups -OCH3 is 1. The maximum atomic E-state index is 13.2. The van der Waals surface area contributed by atoms with Crippen LogP contribution in [0, 0.1) is 11.3 Å². The molecule has 1 aliphatic rings. The minimum absolute atomic E-state index is 0.0958. The minimum Gasteiger partial charge on any atom is -0.394 e. The number of hydrogen-bond donors (Lipinski definition) is 3. The van der Waals surface area contributed by atoms with Crippen LogP contribution in [0.2, 0.25) is 5.15 Å². The molecule has 0 amide bonds. The SMILES string of the molecule is CO[C@@H]1[C@H](S)O[C@@H](CO)[C@@H](O)[C@@]1(c1cc(Br)cnc1C#N)n1cc(-n2nc(C(F)(F)F)cc2Cl)nn1. The summed E-state index contributed by atoms with van der Waals surface area (Å²) in [6.07, 6.45) is -6.28. The van der Waals surface area contributed by atoms with Crippen molar-refractivity contribution in [1.82, 2.24) is 29.8 Å². The molecule has 1 saturated heterocycles. The standard InChI is InChI=1S/C19H16BrClF3N7O4S/c1-34-16-17(36)35-11(7-32)15(33)18(16,9-2-8(20)5-26-10(9)4-25)30-6-14(27-29-30)31-13(21)3-12(28-31)19(22,23)24/h2-3,5-6,11,15-17,32-33,36H,7H2,1H3/t11-,15+,16+,17-,18+/m0/s1. The van der Waals surface area contributed by atoms with Crippen LogP contribution in [0.5, 0.6) is 0 Å². The van der Waals surface area contributed by atoms with E-state index in [2.05, 4.69) is 49.0 Å². The van der Waals surface area contributed by atoms with Gasteiger partial charge in [-0.2, -0.15) is 28.2 Å². The van der Waals surface area contributed by atoms with Crippen molar-refractivity contribution in [2.75, 3.05) is 13.7 Å². The first-order valence-electron chi connectivity index (χ1n) is 9.96. The first-order valence-corrected chi connectivity index (χ1v) is 11.6. The molecule has 36 heavy (non-hydrogen) atoms. The number of alkyl halides is 3. The molecular formula is C19H16BrClF3N7O4S. The third-order valence-electron chi connectivity index (χ3n) is 5.67. The van der Waals surface area contributed by atoms with Gasteiger partial charge in [0.2, 0.25) is 0 Å². The Morgan fingerprint density at radius 1 is 1.42 bits per heavy atom. The van der Waals surface area contributed by atoms with E-state index in [0.717, 1.165) is 10.9 Å². The van der Waals surface area contributed by atoms with Crippen molar-refractivity contribution in [1.29, 1.82) is 5.26 Å². The number of thiol groups is 1. The number of aliphatic hydroxyl groups excluding tert-OH is 2. The monoisotopic (exact) mass is 609 g/mol. The van der Waals surface area contributed by atoms with Crippen LogP contribution in [-0.2, 0) is 21.2 Å². The molecule has 0 bridgehead atoms. The second-order valence-corrected chi connectivity index (χ2v) is 9.43. The molecule has 192 valence electrons. The fourth-order valence-electron chi connectivity index (χ4n) is 4.16. The summed E-state index contributed by atoms with van der Waals surface area (Å²) in [5, 5.41) is 42.2. The predicted molar refractivity (Wildman–Crippen MR) is 122 cm³/mol. The Bertz CT molecular complexity index is 1320. The summed E-state index contributed by atoms with van der Waals surface area (Å²) in [4.78, 5) is 4.10. The van der Waals surface area contributed by atoms with Crippen molar-refractivity contribution >= 4 is 40.2 Å². The Labute approximate surface area is 219 Å². The summed E-state index contributed by atoms with van der Waals surface area (Å²) in [6.45, 7) is -0.652. The molecule has 11 nitrogen and oxygen atoms in total. The quantitative estimate of drug-likeness (QED) is 0.369. The van der Waals surface area contributed by atoms with Gasteiger partial charge < -0.3 is 19.7 Å². The van der Waals surface area contributed by atoms with Gasteiger partial charge in [-0.05, 0) is 22.0 Å². The van der Waals surface area contributed by atoms with Crippen LogP contribution < -0.4 is 0 Å². The van der Waals surface area contributed by atoms with Crippen molar-refractivity contribution < 1.29 is 32.9 Å². The van der Waals surface area contributed by atoms with Gasteiger partial charge in [0, 0.05) is 29.4 Å². The maximum Gasteiger partial charge on any atom is 0.435 e. The summed E-state index contributed by atoms with van der Waals surface area (Å²) in [5.74, 6) is -0.235. The summed E-state index contributed by atoms with van der Waals surface area (Å²) < 4.78 is 52.9. The number of halogens is 5. The van der Waals surface area contributed by atoms with E-state index in [9.17, 15) is 28.6 Å². The number of aromatic nitrogens is 6. The summed E-state index contributed by atoms with van der Waals surface area (Å²) in [7, 11) is 1.30. The molecule has 0 unspecified atom stereocenters. The van der Waals surface area contributed by atoms with E-state index in [1.807, 2.05) is 6.07 Å². The van der Waals surface area contributed by atoms with Gasteiger partial charge in [-0.1, -0.05) is 16.8 Å². The topological polar surface area (TPSA) is 144 Å². The van der Waals surface area contributed by atoms with E-state index < -0.39 is 52.9 Å². The smallest absolute Gasteiger partial charge is 0.394 e. The number of ether oxygens (including phenoxy) is 2. The van der Waals surface area contributed by atoms with Crippen LogP contribution >= 0.6 is 40.2 Å². The van der Waals surface area contributed by atoms with Crippen molar-refractivity contribution in [2.45, 2.75) is 35.5 Å². The van der Waals surface area contributed by atoms with Crippen LogP contribution in [0.3, 0.4) is 0 Å². The minimum atomic E-state index is -4.76. The third-order valence-corrected chi connectivity index (χ3v) is 6.76. The molecule has 0 spiro atoms. The Balaban J connectivity index is 2.00. The van der Waals surface area contributed by atoms with E-state index in [4.69, 9.17) is 21.1 Å². The van der Waals surface area contributed by atoms with Crippen molar-refractivity contribution in [3.05, 3.63) is 51.1 Å². The van der Waals surface area contributed by atoms with Gasteiger partial charge in [0.15, 0.2) is 11.5 Å². The highest BCUT2D eigenvalue weighted by atomic mass is 79.9. The summed E-state index contributed by atoms with van der Waals surface area (Å²) in [5.41, 5.74) is -4.22. The van der Waals surface area contributed by atoms with Crippen molar-refractivity contribution in [3.63, 3.8) is 0 Å². The average Bonchev–Trinajstić information content (AvgIpc) is 3.47.